The van der Waals surface area contributed by atoms with Crippen molar-refractivity contribution in [2.75, 3.05) is 0 Å². The largest absolute Gasteiger partial charge is 0.298 e. The third-order valence-electron chi connectivity index (χ3n) is 5.36. The summed E-state index contributed by atoms with van der Waals surface area (Å²) >= 11 is 0. The van der Waals surface area contributed by atoms with Gasteiger partial charge in [-0.05, 0) is 36.3 Å². The van der Waals surface area contributed by atoms with Crippen molar-refractivity contribution in [3.8, 4) is 0 Å². The van der Waals surface area contributed by atoms with E-state index in [2.05, 4.69) is 48.5 Å². The zero-order valence-corrected chi connectivity index (χ0v) is 12.2. The van der Waals surface area contributed by atoms with Crippen LogP contribution in [-0.4, -0.2) is 5.78 Å². The van der Waals surface area contributed by atoms with Gasteiger partial charge in [-0.3, -0.25) is 4.79 Å². The lowest BCUT2D eigenvalue weighted by atomic mass is 9.61. The molecule has 0 saturated heterocycles. The summed E-state index contributed by atoms with van der Waals surface area (Å²) in [7, 11) is 0. The SMILES string of the molecule is O=C(C1CC1c1ccccc1)C1(c2ccccc2)CCC1. The number of hydrogen-bond donors (Lipinski definition) is 0. The molecule has 2 aliphatic rings. The zero-order chi connectivity index (χ0) is 14.3. The van der Waals surface area contributed by atoms with Gasteiger partial charge in [0.15, 0.2) is 0 Å². The first kappa shape index (κ1) is 12.8. The van der Waals surface area contributed by atoms with Crippen LogP contribution in [0.4, 0.5) is 0 Å². The molecule has 0 heterocycles. The lowest BCUT2D eigenvalue weighted by Crippen LogP contribution is -2.43. The molecular weight excluding hydrogens is 256 g/mol. The van der Waals surface area contributed by atoms with E-state index < -0.39 is 0 Å². The molecule has 0 spiro atoms. The Hall–Kier alpha value is -1.89. The van der Waals surface area contributed by atoms with Gasteiger partial charge in [0, 0.05) is 5.92 Å². The van der Waals surface area contributed by atoms with E-state index >= 15 is 0 Å². The molecule has 2 aromatic rings. The van der Waals surface area contributed by atoms with E-state index in [0.717, 1.165) is 19.3 Å². The topological polar surface area (TPSA) is 17.1 Å². The van der Waals surface area contributed by atoms with Crippen molar-refractivity contribution in [1.29, 1.82) is 0 Å². The van der Waals surface area contributed by atoms with Gasteiger partial charge in [0.05, 0.1) is 5.41 Å². The first-order valence-electron chi connectivity index (χ1n) is 7.96. The predicted molar refractivity (Wildman–Crippen MR) is 84.3 cm³/mol. The minimum absolute atomic E-state index is 0.171. The van der Waals surface area contributed by atoms with Crippen LogP contribution in [0.2, 0.25) is 0 Å². The van der Waals surface area contributed by atoms with Gasteiger partial charge >= 0.3 is 0 Å². The molecule has 2 aliphatic carbocycles. The molecule has 2 aromatic carbocycles. The number of carbonyl (C=O) groups is 1. The van der Waals surface area contributed by atoms with Crippen molar-refractivity contribution in [3.63, 3.8) is 0 Å². The second-order valence-corrected chi connectivity index (χ2v) is 6.53. The number of rotatable bonds is 4. The summed E-state index contributed by atoms with van der Waals surface area (Å²) in [5.74, 6) is 1.20. The van der Waals surface area contributed by atoms with Gasteiger partial charge < -0.3 is 0 Å². The number of hydrogen-bond acceptors (Lipinski definition) is 1. The van der Waals surface area contributed by atoms with E-state index in [1.54, 1.807) is 0 Å². The molecule has 0 aliphatic heterocycles. The van der Waals surface area contributed by atoms with Crippen LogP contribution in [0.3, 0.4) is 0 Å². The Kier molecular flexibility index (Phi) is 2.95. The standard InChI is InChI=1S/C20H20O/c21-19(18-14-17(18)15-8-3-1-4-9-15)20(12-7-13-20)16-10-5-2-6-11-16/h1-6,8-11,17-18H,7,12-14H2. The van der Waals surface area contributed by atoms with Crippen molar-refractivity contribution in [2.24, 2.45) is 5.92 Å². The van der Waals surface area contributed by atoms with Crippen LogP contribution >= 0.6 is 0 Å². The lowest BCUT2D eigenvalue weighted by molar-refractivity contribution is -0.129. The van der Waals surface area contributed by atoms with Crippen molar-refractivity contribution in [2.45, 2.75) is 37.0 Å². The third-order valence-corrected chi connectivity index (χ3v) is 5.36. The van der Waals surface area contributed by atoms with Crippen molar-refractivity contribution >= 4 is 5.78 Å². The Balaban J connectivity index is 1.58. The predicted octanol–water partition coefficient (Wildman–Crippen LogP) is 4.48. The lowest BCUT2D eigenvalue weighted by Gasteiger charge is -2.41. The fraction of sp³-hybridized carbons (Fsp3) is 0.350. The van der Waals surface area contributed by atoms with Crippen molar-refractivity contribution in [3.05, 3.63) is 71.8 Å². The van der Waals surface area contributed by atoms with E-state index in [9.17, 15) is 4.79 Å². The highest BCUT2D eigenvalue weighted by Gasteiger charge is 2.54. The van der Waals surface area contributed by atoms with Gasteiger partial charge in [0.1, 0.15) is 5.78 Å². The van der Waals surface area contributed by atoms with Crippen LogP contribution in [-0.2, 0) is 10.2 Å². The summed E-state index contributed by atoms with van der Waals surface area (Å²) in [6.07, 6.45) is 4.29. The highest BCUT2D eigenvalue weighted by molar-refractivity contribution is 5.95. The molecule has 0 bridgehead atoms. The highest BCUT2D eigenvalue weighted by atomic mass is 16.1. The van der Waals surface area contributed by atoms with E-state index in [1.165, 1.54) is 17.5 Å². The van der Waals surface area contributed by atoms with Gasteiger partial charge in [-0.2, -0.15) is 0 Å². The molecule has 1 heteroatoms. The fourth-order valence-electron chi connectivity index (χ4n) is 3.87. The summed E-state index contributed by atoms with van der Waals surface area (Å²) in [6.45, 7) is 0. The summed E-state index contributed by atoms with van der Waals surface area (Å²) < 4.78 is 0. The number of carbonyl (C=O) groups excluding carboxylic acids is 1. The van der Waals surface area contributed by atoms with Crippen molar-refractivity contribution in [1.82, 2.24) is 0 Å². The summed E-state index contributed by atoms with van der Waals surface area (Å²) in [5.41, 5.74) is 2.40. The molecule has 21 heavy (non-hydrogen) atoms. The summed E-state index contributed by atoms with van der Waals surface area (Å²) in [5, 5.41) is 0. The molecule has 2 saturated carbocycles. The molecule has 1 nitrogen and oxygen atoms in total. The quantitative estimate of drug-likeness (QED) is 0.804. The molecule has 2 unspecified atom stereocenters. The van der Waals surface area contributed by atoms with E-state index in [0.29, 0.717) is 11.7 Å². The van der Waals surface area contributed by atoms with Crippen molar-refractivity contribution < 1.29 is 4.79 Å². The van der Waals surface area contributed by atoms with Gasteiger partial charge in [-0.15, -0.1) is 0 Å². The maximum atomic E-state index is 13.1. The average molecular weight is 276 g/mol. The van der Waals surface area contributed by atoms with E-state index in [4.69, 9.17) is 0 Å². The Morgan fingerprint density at radius 1 is 0.905 bits per heavy atom. The van der Waals surface area contributed by atoms with Crippen LogP contribution in [0.25, 0.3) is 0 Å². The molecule has 4 rings (SSSR count). The Bertz CT molecular complexity index is 640. The maximum absolute atomic E-state index is 13.1. The smallest absolute Gasteiger partial charge is 0.147 e. The maximum Gasteiger partial charge on any atom is 0.147 e. The van der Waals surface area contributed by atoms with Gasteiger partial charge in [0.25, 0.3) is 0 Å². The minimum Gasteiger partial charge on any atom is -0.298 e. The average Bonchev–Trinajstić information content (AvgIpc) is 3.28. The van der Waals surface area contributed by atoms with E-state index in [-0.39, 0.29) is 11.3 Å². The van der Waals surface area contributed by atoms with Crippen LogP contribution in [0.1, 0.15) is 42.7 Å². The van der Waals surface area contributed by atoms with Crippen LogP contribution in [0, 0.1) is 5.92 Å². The number of benzene rings is 2. The normalized spacial score (nSPS) is 25.9. The second-order valence-electron chi connectivity index (χ2n) is 6.53. The minimum atomic E-state index is -0.171. The molecular formula is C20H20O. The molecule has 0 amide bonds. The monoisotopic (exact) mass is 276 g/mol. The molecule has 0 N–H and O–H groups in total. The first-order valence-corrected chi connectivity index (χ1v) is 7.96. The molecule has 106 valence electrons. The molecule has 0 aromatic heterocycles. The third kappa shape index (κ3) is 2.03. The summed E-state index contributed by atoms with van der Waals surface area (Å²) in [4.78, 5) is 13.1. The Morgan fingerprint density at radius 3 is 2.10 bits per heavy atom. The van der Waals surface area contributed by atoms with Gasteiger partial charge in [0.2, 0.25) is 0 Å². The Labute approximate surface area is 126 Å². The summed E-state index contributed by atoms with van der Waals surface area (Å²) in [6, 6.07) is 20.9. The first-order chi connectivity index (χ1) is 10.3. The van der Waals surface area contributed by atoms with Crippen LogP contribution in [0.5, 0.6) is 0 Å². The molecule has 2 fully saturated rings. The zero-order valence-electron chi connectivity index (χ0n) is 12.2. The van der Waals surface area contributed by atoms with Crippen LogP contribution < -0.4 is 0 Å². The fourth-order valence-corrected chi connectivity index (χ4v) is 3.87. The van der Waals surface area contributed by atoms with Gasteiger partial charge in [-0.25, -0.2) is 0 Å². The highest BCUT2D eigenvalue weighted by Crippen LogP contribution is 2.55. The number of Topliss-reactive ketones (excluding diaryl/α,β-unsaturated/α-hetero) is 1. The second kappa shape index (κ2) is 4.84. The number of ketones is 1. The van der Waals surface area contributed by atoms with Crippen LogP contribution in [0.15, 0.2) is 60.7 Å². The van der Waals surface area contributed by atoms with Gasteiger partial charge in [-0.1, -0.05) is 67.1 Å². The van der Waals surface area contributed by atoms with E-state index in [1.807, 2.05) is 12.1 Å². The molecule has 2 atom stereocenters. The Morgan fingerprint density at radius 2 is 1.52 bits per heavy atom. The molecule has 0 radical (unpaired) electrons.